The smallest absolute Gasteiger partial charge is 0.241 e. The Hall–Kier alpha value is -1.49. The summed E-state index contributed by atoms with van der Waals surface area (Å²) in [4.78, 5) is 13.4. The molecule has 1 aliphatic rings. The van der Waals surface area contributed by atoms with Gasteiger partial charge < -0.3 is 10.6 Å². The van der Waals surface area contributed by atoms with Crippen LogP contribution in [0.2, 0.25) is 0 Å². The first-order valence-electron chi connectivity index (χ1n) is 8.08. The van der Waals surface area contributed by atoms with Crippen molar-refractivity contribution < 1.29 is 4.79 Å². The molecule has 1 aliphatic heterocycles. The molecule has 0 saturated carbocycles. The van der Waals surface area contributed by atoms with Crippen LogP contribution >= 0.6 is 24.2 Å². The lowest BCUT2D eigenvalue weighted by molar-refractivity contribution is -0.117. The molecule has 0 aromatic heterocycles. The Bertz CT molecular complexity index is 642. The predicted molar refractivity (Wildman–Crippen MR) is 104 cm³/mol. The van der Waals surface area contributed by atoms with Crippen molar-refractivity contribution in [3.8, 4) is 0 Å². The molecule has 24 heavy (non-hydrogen) atoms. The second-order valence-electron chi connectivity index (χ2n) is 5.83. The Labute approximate surface area is 154 Å². The normalized spacial score (nSPS) is 17.8. The second-order valence-corrected chi connectivity index (χ2v) is 7.25. The fourth-order valence-electron chi connectivity index (χ4n) is 2.75. The van der Waals surface area contributed by atoms with Crippen LogP contribution in [-0.4, -0.2) is 18.5 Å². The van der Waals surface area contributed by atoms with Crippen LogP contribution < -0.4 is 10.6 Å². The van der Waals surface area contributed by atoms with Crippen molar-refractivity contribution in [3.63, 3.8) is 0 Å². The number of hydrogen-bond acceptors (Lipinski definition) is 3. The quantitative estimate of drug-likeness (QED) is 0.760. The lowest BCUT2D eigenvalue weighted by Crippen LogP contribution is -2.35. The zero-order valence-corrected chi connectivity index (χ0v) is 15.3. The number of rotatable bonds is 5. The van der Waals surface area contributed by atoms with E-state index in [1.54, 1.807) is 0 Å². The summed E-state index contributed by atoms with van der Waals surface area (Å²) >= 11 is 1.84. The van der Waals surface area contributed by atoms with Crippen LogP contribution in [0.25, 0.3) is 0 Å². The zero-order chi connectivity index (χ0) is 16.1. The Balaban J connectivity index is 0.00000208. The molecule has 2 aromatic carbocycles. The standard InChI is InChI=1S/C19H22N2OS.ClH/c1-14(23-17-6-3-2-4-7-17)15-9-11-16(12-10-15)21-19(22)18-8-5-13-20-18;/h2-4,6-7,9-12,14,18,20H,5,8,13H2,1H3,(H,21,22);1H. The highest BCUT2D eigenvalue weighted by Gasteiger charge is 2.21. The van der Waals surface area contributed by atoms with E-state index in [-0.39, 0.29) is 24.4 Å². The number of halogens is 1. The van der Waals surface area contributed by atoms with E-state index in [2.05, 4.69) is 54.0 Å². The summed E-state index contributed by atoms with van der Waals surface area (Å²) in [7, 11) is 0. The minimum absolute atomic E-state index is 0. The summed E-state index contributed by atoms with van der Waals surface area (Å²) in [5.74, 6) is 0.0713. The van der Waals surface area contributed by atoms with Crippen molar-refractivity contribution in [2.24, 2.45) is 0 Å². The minimum Gasteiger partial charge on any atom is -0.325 e. The number of thioether (sulfide) groups is 1. The van der Waals surface area contributed by atoms with Gasteiger partial charge in [-0.15, -0.1) is 24.2 Å². The van der Waals surface area contributed by atoms with E-state index >= 15 is 0 Å². The Morgan fingerprint density at radius 2 is 1.88 bits per heavy atom. The van der Waals surface area contributed by atoms with Crippen LogP contribution in [0, 0.1) is 0 Å². The summed E-state index contributed by atoms with van der Waals surface area (Å²) in [6.07, 6.45) is 2.00. The summed E-state index contributed by atoms with van der Waals surface area (Å²) < 4.78 is 0. The molecule has 5 heteroatoms. The van der Waals surface area contributed by atoms with E-state index in [1.165, 1.54) is 10.5 Å². The summed E-state index contributed by atoms with van der Waals surface area (Å²) in [5, 5.41) is 6.58. The highest BCUT2D eigenvalue weighted by Crippen LogP contribution is 2.34. The third-order valence-electron chi connectivity index (χ3n) is 4.08. The van der Waals surface area contributed by atoms with Crippen molar-refractivity contribution in [1.29, 1.82) is 0 Å². The lowest BCUT2D eigenvalue weighted by atomic mass is 10.1. The molecule has 2 aromatic rings. The van der Waals surface area contributed by atoms with Gasteiger partial charge in [-0.3, -0.25) is 4.79 Å². The Kier molecular flexibility index (Phi) is 7.16. The summed E-state index contributed by atoms with van der Waals surface area (Å²) in [6.45, 7) is 3.14. The molecule has 0 radical (unpaired) electrons. The van der Waals surface area contributed by atoms with Crippen molar-refractivity contribution in [1.82, 2.24) is 5.32 Å². The number of anilines is 1. The van der Waals surface area contributed by atoms with Crippen LogP contribution in [0.5, 0.6) is 0 Å². The molecular formula is C19H23ClN2OS. The van der Waals surface area contributed by atoms with Gasteiger partial charge in [-0.25, -0.2) is 0 Å². The van der Waals surface area contributed by atoms with Crippen molar-refractivity contribution in [3.05, 3.63) is 60.2 Å². The fourth-order valence-corrected chi connectivity index (χ4v) is 3.76. The van der Waals surface area contributed by atoms with Gasteiger partial charge in [-0.2, -0.15) is 0 Å². The van der Waals surface area contributed by atoms with E-state index in [9.17, 15) is 4.79 Å². The van der Waals surface area contributed by atoms with Crippen LogP contribution in [0.3, 0.4) is 0 Å². The maximum Gasteiger partial charge on any atom is 0.241 e. The van der Waals surface area contributed by atoms with Gasteiger partial charge in [0, 0.05) is 15.8 Å². The molecule has 1 fully saturated rings. The van der Waals surface area contributed by atoms with Gasteiger partial charge in [0.05, 0.1) is 6.04 Å². The summed E-state index contributed by atoms with van der Waals surface area (Å²) in [6, 6.07) is 18.5. The molecule has 0 spiro atoms. The van der Waals surface area contributed by atoms with Gasteiger partial charge in [0.25, 0.3) is 0 Å². The number of carbonyl (C=O) groups is 1. The van der Waals surface area contributed by atoms with Crippen molar-refractivity contribution in [2.45, 2.75) is 36.0 Å². The van der Waals surface area contributed by atoms with Gasteiger partial charge in [0.15, 0.2) is 0 Å². The fraction of sp³-hybridized carbons (Fsp3) is 0.316. The van der Waals surface area contributed by atoms with Crippen LogP contribution in [0.1, 0.15) is 30.6 Å². The maximum atomic E-state index is 12.1. The maximum absolute atomic E-state index is 12.1. The van der Waals surface area contributed by atoms with Gasteiger partial charge >= 0.3 is 0 Å². The van der Waals surface area contributed by atoms with E-state index in [4.69, 9.17) is 0 Å². The number of hydrogen-bond donors (Lipinski definition) is 2. The molecule has 1 amide bonds. The topological polar surface area (TPSA) is 41.1 Å². The first-order chi connectivity index (χ1) is 11.2. The van der Waals surface area contributed by atoms with E-state index in [0.717, 1.165) is 25.1 Å². The van der Waals surface area contributed by atoms with Gasteiger partial charge in [0.1, 0.15) is 0 Å². The van der Waals surface area contributed by atoms with Gasteiger partial charge in [0.2, 0.25) is 5.91 Å². The Morgan fingerprint density at radius 1 is 1.17 bits per heavy atom. The van der Waals surface area contributed by atoms with Crippen molar-refractivity contribution in [2.75, 3.05) is 11.9 Å². The van der Waals surface area contributed by atoms with Crippen LogP contribution in [0.4, 0.5) is 5.69 Å². The third kappa shape index (κ3) is 5.00. The predicted octanol–water partition coefficient (Wildman–Crippen LogP) is 4.65. The molecule has 2 atom stereocenters. The second kappa shape index (κ2) is 9.11. The molecule has 1 saturated heterocycles. The number of carbonyl (C=O) groups excluding carboxylic acids is 1. The van der Waals surface area contributed by atoms with Crippen LogP contribution in [0.15, 0.2) is 59.5 Å². The average Bonchev–Trinajstić information content (AvgIpc) is 3.11. The summed E-state index contributed by atoms with van der Waals surface area (Å²) in [5.41, 5.74) is 2.13. The van der Waals surface area contributed by atoms with E-state index in [1.807, 2.05) is 30.0 Å². The molecule has 1 heterocycles. The van der Waals surface area contributed by atoms with Gasteiger partial charge in [-0.1, -0.05) is 30.3 Å². The van der Waals surface area contributed by atoms with E-state index < -0.39 is 0 Å². The average molecular weight is 363 g/mol. The van der Waals surface area contributed by atoms with E-state index in [0.29, 0.717) is 5.25 Å². The van der Waals surface area contributed by atoms with Crippen molar-refractivity contribution >= 4 is 35.8 Å². The first-order valence-corrected chi connectivity index (χ1v) is 8.96. The molecule has 0 bridgehead atoms. The highest BCUT2D eigenvalue weighted by atomic mass is 35.5. The molecule has 2 N–H and O–H groups in total. The zero-order valence-electron chi connectivity index (χ0n) is 13.7. The third-order valence-corrected chi connectivity index (χ3v) is 5.25. The number of amides is 1. The first kappa shape index (κ1) is 18.8. The monoisotopic (exact) mass is 362 g/mol. The number of benzene rings is 2. The Morgan fingerprint density at radius 3 is 2.50 bits per heavy atom. The van der Waals surface area contributed by atoms with Crippen LogP contribution in [-0.2, 0) is 4.79 Å². The largest absolute Gasteiger partial charge is 0.325 e. The lowest BCUT2D eigenvalue weighted by Gasteiger charge is -2.14. The number of nitrogens with one attached hydrogen (secondary N) is 2. The molecule has 128 valence electrons. The molecule has 3 nitrogen and oxygen atoms in total. The molecule has 3 rings (SSSR count). The molecular weight excluding hydrogens is 340 g/mol. The minimum atomic E-state index is -0.0396. The molecule has 0 aliphatic carbocycles. The van der Waals surface area contributed by atoms with Gasteiger partial charge in [-0.05, 0) is 56.1 Å². The molecule has 2 unspecified atom stereocenters. The SMILES string of the molecule is CC(Sc1ccccc1)c1ccc(NC(=O)C2CCCN2)cc1.Cl. The highest BCUT2D eigenvalue weighted by molar-refractivity contribution is 7.99.